The van der Waals surface area contributed by atoms with Gasteiger partial charge in [0.2, 0.25) is 4.96 Å². The number of ether oxygens (including phenoxy) is 2. The van der Waals surface area contributed by atoms with E-state index in [-0.39, 0.29) is 23.9 Å². The molecule has 6 rings (SSSR count). The second-order valence-electron chi connectivity index (χ2n) is 9.36. The number of carbonyl (C=O) groups excluding carboxylic acids is 1. The normalized spacial score (nSPS) is 11.6. The molecule has 0 radical (unpaired) electrons. The molecule has 10 nitrogen and oxygen atoms in total. The fourth-order valence-electron chi connectivity index (χ4n) is 4.26. The summed E-state index contributed by atoms with van der Waals surface area (Å²) in [6.45, 7) is 0.977. The fraction of sp³-hybridized carbons (Fsp3) is 0.214. The van der Waals surface area contributed by atoms with Crippen molar-refractivity contribution in [2.24, 2.45) is 0 Å². The molecule has 0 aliphatic heterocycles. The van der Waals surface area contributed by atoms with Crippen LogP contribution in [0.3, 0.4) is 0 Å². The van der Waals surface area contributed by atoms with E-state index in [9.17, 15) is 18.8 Å². The minimum Gasteiger partial charge on any atom is -0.497 e. The first-order chi connectivity index (χ1) is 20.7. The number of hydrogen-bond acceptors (Lipinski definition) is 11. The molecule has 0 aliphatic carbocycles. The first-order valence-corrected chi connectivity index (χ1v) is 15.2. The summed E-state index contributed by atoms with van der Waals surface area (Å²) < 4.78 is 41.1. The lowest BCUT2D eigenvalue weighted by atomic mass is 10.0. The summed E-state index contributed by atoms with van der Waals surface area (Å²) in [6.07, 6.45) is 1.68. The van der Waals surface area contributed by atoms with E-state index in [1.54, 1.807) is 38.6 Å². The molecule has 0 bridgehead atoms. The summed E-state index contributed by atoms with van der Waals surface area (Å²) in [5.74, 6) is -2.19. The molecule has 4 aromatic heterocycles. The van der Waals surface area contributed by atoms with Gasteiger partial charge in [0.15, 0.2) is 5.01 Å². The Morgan fingerprint density at radius 1 is 1.16 bits per heavy atom. The van der Waals surface area contributed by atoms with Crippen molar-refractivity contribution in [3.05, 3.63) is 63.7 Å². The van der Waals surface area contributed by atoms with Gasteiger partial charge in [0, 0.05) is 42.6 Å². The predicted molar refractivity (Wildman–Crippen MR) is 160 cm³/mol. The molecule has 4 heterocycles. The van der Waals surface area contributed by atoms with E-state index < -0.39 is 5.92 Å². The molecule has 2 aromatic carbocycles. The summed E-state index contributed by atoms with van der Waals surface area (Å²) in [5, 5.41) is 18.7. The molecule has 0 spiro atoms. The van der Waals surface area contributed by atoms with Crippen LogP contribution in [0, 0.1) is 11.3 Å². The van der Waals surface area contributed by atoms with Crippen molar-refractivity contribution in [1.29, 1.82) is 5.26 Å². The molecule has 0 fully saturated rings. The van der Waals surface area contributed by atoms with Crippen molar-refractivity contribution in [3.63, 3.8) is 0 Å². The zero-order valence-corrected chi connectivity index (χ0v) is 25.3. The topological polar surface area (TPSA) is 127 Å². The van der Waals surface area contributed by atoms with Crippen molar-refractivity contribution in [3.8, 4) is 38.8 Å². The van der Waals surface area contributed by atoms with E-state index in [1.165, 1.54) is 27.2 Å². The molecule has 0 saturated heterocycles. The SMILES string of the molecule is CNC(=O)c1ccc(-c2nc(COc3cc(OC)cc4nc(-c5cn6nc(C(C)(F)F)sc6n5)sc34)cs2)cc1CC#N. The number of alkyl halides is 2. The first kappa shape index (κ1) is 28.6. The van der Waals surface area contributed by atoms with Crippen LogP contribution >= 0.6 is 34.0 Å². The number of hydrogen-bond donors (Lipinski definition) is 1. The number of thiazole rings is 2. The number of methoxy groups -OCH3 is 1. The van der Waals surface area contributed by atoms with Gasteiger partial charge in [0.05, 0.1) is 41.7 Å². The Bertz CT molecular complexity index is 2000. The molecule has 43 heavy (non-hydrogen) atoms. The summed E-state index contributed by atoms with van der Waals surface area (Å²) in [6, 6.07) is 11.0. The number of aromatic nitrogens is 5. The third-order valence-electron chi connectivity index (χ3n) is 6.32. The molecule has 1 N–H and O–H groups in total. The highest BCUT2D eigenvalue weighted by molar-refractivity contribution is 7.22. The second-order valence-corrected chi connectivity index (χ2v) is 12.2. The Morgan fingerprint density at radius 3 is 2.72 bits per heavy atom. The molecule has 1 amide bonds. The van der Waals surface area contributed by atoms with Crippen molar-refractivity contribution < 1.29 is 23.0 Å². The van der Waals surface area contributed by atoms with Gasteiger partial charge in [-0.1, -0.05) is 17.4 Å². The number of nitrogens with zero attached hydrogens (tertiary/aromatic N) is 6. The highest BCUT2D eigenvalue weighted by Crippen LogP contribution is 2.40. The lowest BCUT2D eigenvalue weighted by Gasteiger charge is -2.08. The van der Waals surface area contributed by atoms with Crippen LogP contribution in [-0.2, 0) is 19.0 Å². The highest BCUT2D eigenvalue weighted by atomic mass is 32.1. The number of nitriles is 1. The van der Waals surface area contributed by atoms with E-state index in [4.69, 9.17) is 19.4 Å². The third-order valence-corrected chi connectivity index (χ3v) is 9.47. The maximum absolute atomic E-state index is 13.7. The smallest absolute Gasteiger partial charge is 0.298 e. The maximum atomic E-state index is 13.7. The van der Waals surface area contributed by atoms with Gasteiger partial charge in [0.25, 0.3) is 11.8 Å². The number of imidazole rings is 1. The van der Waals surface area contributed by atoms with Crippen LogP contribution in [-0.4, -0.2) is 44.6 Å². The number of nitrogens with one attached hydrogen (secondary N) is 1. The van der Waals surface area contributed by atoms with E-state index >= 15 is 0 Å². The van der Waals surface area contributed by atoms with E-state index in [2.05, 4.69) is 21.5 Å². The van der Waals surface area contributed by atoms with E-state index in [0.717, 1.165) is 33.5 Å². The Morgan fingerprint density at radius 2 is 2.00 bits per heavy atom. The van der Waals surface area contributed by atoms with Gasteiger partial charge in [-0.3, -0.25) is 4.79 Å². The third kappa shape index (κ3) is 5.64. The Balaban J connectivity index is 1.25. The zero-order chi connectivity index (χ0) is 30.3. The zero-order valence-electron chi connectivity index (χ0n) is 22.8. The Hall–Kier alpha value is -4.52. The van der Waals surface area contributed by atoms with Gasteiger partial charge in [-0.15, -0.1) is 22.7 Å². The van der Waals surface area contributed by atoms with Crippen molar-refractivity contribution in [2.75, 3.05) is 14.2 Å². The molecule has 15 heteroatoms. The molecule has 0 aliphatic rings. The van der Waals surface area contributed by atoms with Crippen LogP contribution in [0.25, 0.3) is 36.5 Å². The second kappa shape index (κ2) is 11.3. The molecule has 6 aromatic rings. The number of fused-ring (bicyclic) bond motifs is 2. The lowest BCUT2D eigenvalue weighted by molar-refractivity contribution is 0.0163. The number of halogens is 2. The first-order valence-electron chi connectivity index (χ1n) is 12.7. The number of carbonyl (C=O) groups is 1. The predicted octanol–water partition coefficient (Wildman–Crippen LogP) is 6.32. The van der Waals surface area contributed by atoms with Gasteiger partial charge in [0.1, 0.15) is 33.8 Å². The minimum absolute atomic E-state index is 0.101. The van der Waals surface area contributed by atoms with E-state index in [1.807, 2.05) is 17.5 Å². The Labute approximate surface area is 255 Å². The molecule has 218 valence electrons. The Kier molecular flexibility index (Phi) is 7.50. The van der Waals surface area contributed by atoms with Gasteiger partial charge >= 0.3 is 0 Å². The highest BCUT2D eigenvalue weighted by Gasteiger charge is 2.30. The largest absolute Gasteiger partial charge is 0.497 e. The average Bonchev–Trinajstić information content (AvgIpc) is 3.77. The van der Waals surface area contributed by atoms with Crippen LogP contribution in [0.1, 0.15) is 33.5 Å². The molecule has 0 saturated carbocycles. The van der Waals surface area contributed by atoms with Crippen LogP contribution in [0.4, 0.5) is 8.78 Å². The number of benzene rings is 2. The van der Waals surface area contributed by atoms with Crippen molar-refractivity contribution in [1.82, 2.24) is 29.9 Å². The summed E-state index contributed by atoms with van der Waals surface area (Å²) >= 11 is 3.62. The van der Waals surface area contributed by atoms with E-state index in [0.29, 0.717) is 49.5 Å². The van der Waals surface area contributed by atoms with Crippen molar-refractivity contribution in [2.45, 2.75) is 25.9 Å². The van der Waals surface area contributed by atoms with Crippen LogP contribution in [0.2, 0.25) is 0 Å². The van der Waals surface area contributed by atoms with Crippen LogP contribution in [0.15, 0.2) is 41.9 Å². The summed E-state index contributed by atoms with van der Waals surface area (Å²) in [5.41, 5.74) is 3.73. The summed E-state index contributed by atoms with van der Waals surface area (Å²) in [4.78, 5) is 26.4. The maximum Gasteiger partial charge on any atom is 0.298 e. The van der Waals surface area contributed by atoms with Gasteiger partial charge < -0.3 is 14.8 Å². The van der Waals surface area contributed by atoms with Gasteiger partial charge in [-0.05, 0) is 17.7 Å². The number of rotatable bonds is 9. The average molecular weight is 638 g/mol. The standard InChI is InChI=1S/C28H21F2N7O3S3/c1-28(29,30)26-36-37-11-20(35-27(37)43-26)25-34-19-9-17(39-3)10-21(22(19)42-25)40-12-16-13-41-24(33-16)15-4-5-18(23(38)32-2)14(8-15)6-7-31/h4-5,8-11,13H,6,12H2,1-3H3,(H,32,38). The molecular formula is C28H21F2N7O3S3. The minimum atomic E-state index is -3.04. The quantitative estimate of drug-likeness (QED) is 0.195. The fourth-order valence-corrected chi connectivity index (χ4v) is 6.85. The lowest BCUT2D eigenvalue weighted by Crippen LogP contribution is -2.19. The molecule has 0 unspecified atom stereocenters. The number of amides is 1. The molecular weight excluding hydrogens is 617 g/mol. The van der Waals surface area contributed by atoms with Crippen molar-refractivity contribution >= 4 is 55.1 Å². The monoisotopic (exact) mass is 637 g/mol. The summed E-state index contributed by atoms with van der Waals surface area (Å²) in [7, 11) is 3.10. The molecule has 0 atom stereocenters. The van der Waals surface area contributed by atoms with Crippen LogP contribution < -0.4 is 14.8 Å². The van der Waals surface area contributed by atoms with Gasteiger partial charge in [-0.25, -0.2) is 19.5 Å². The van der Waals surface area contributed by atoms with Crippen LogP contribution in [0.5, 0.6) is 11.5 Å². The van der Waals surface area contributed by atoms with Gasteiger partial charge in [-0.2, -0.15) is 19.1 Å².